The minimum Gasteiger partial charge on any atom is -0.343 e. The van der Waals surface area contributed by atoms with Crippen LogP contribution in [0.5, 0.6) is 0 Å². The fraction of sp³-hybridized carbons (Fsp3) is 0.662. The van der Waals surface area contributed by atoms with Crippen molar-refractivity contribution in [3.8, 4) is 0 Å². The van der Waals surface area contributed by atoms with Crippen LogP contribution in [0.25, 0.3) is 0 Å². The molecule has 3 saturated heterocycles. The molecule has 105 heavy (non-hydrogen) atoms. The number of nitrogens with zero attached hydrogens (tertiary/aromatic N) is 9. The van der Waals surface area contributed by atoms with Gasteiger partial charge in [0.2, 0.25) is 70.9 Å². The lowest BCUT2D eigenvalue weighted by Crippen LogP contribution is -2.65. The van der Waals surface area contributed by atoms with Crippen LogP contribution >= 0.6 is 0 Å². The summed E-state index contributed by atoms with van der Waals surface area (Å²) in [5.41, 5.74) is -3.48. The number of rotatable bonds is 10. The number of hydrogen-bond donors (Lipinski definition) is 3. The van der Waals surface area contributed by atoms with Gasteiger partial charge in [-0.25, -0.2) is 17.6 Å². The molecule has 2 aliphatic carbocycles. The van der Waals surface area contributed by atoms with Gasteiger partial charge in [-0.15, -0.1) is 0 Å². The Morgan fingerprint density at radius 3 is 1.77 bits per heavy atom. The van der Waals surface area contributed by atoms with Crippen LogP contribution in [-0.4, -0.2) is 264 Å². The summed E-state index contributed by atoms with van der Waals surface area (Å²) in [7, 11) is 7.96. The van der Waals surface area contributed by atoms with E-state index in [1.807, 2.05) is 0 Å². The highest BCUT2D eigenvalue weighted by molar-refractivity contribution is 6.01. The van der Waals surface area contributed by atoms with Gasteiger partial charge in [0.1, 0.15) is 65.0 Å². The fourth-order valence-corrected chi connectivity index (χ4v) is 14.7. The molecule has 0 radical (unpaired) electrons. The average Bonchev–Trinajstić information content (AvgIpc) is 1.68. The highest BCUT2D eigenvalue weighted by Gasteiger charge is 2.56. The van der Waals surface area contributed by atoms with E-state index in [1.54, 1.807) is 38.1 Å². The molecular formula is C71H96F10N12O12. The molecule has 0 bridgehead atoms. The maximum atomic E-state index is 16.1. The SMILES string of the molecule is CC[C@H](C)[C@@H]1NC(=O)[C@H](CC(F)(F)F)N(C)C(=O)C[C@@H](C(=O)N2CCCC2)N(C)C(=O)[C@H](C2CCCCC2)N(C)C(=O)C2(CCCC2)NC(=O)[C@@H]2CC(F)(F)CN2C(=O)[C@H](CCc2cc(F)c(C(F)(F)F)c(F)c2)NC(=O)CN(C)C(=O)[C@H](Cc2ccc(C)cc2)N(C)C(=O)CN(C)C(=O)CN(C)C1=O. The number of likely N-dealkylation sites (N-methyl/N-ethyl adjacent to an activating group) is 7. The van der Waals surface area contributed by atoms with Gasteiger partial charge in [-0.2, -0.15) is 26.3 Å². The Labute approximate surface area is 603 Å². The number of halogens is 10. The summed E-state index contributed by atoms with van der Waals surface area (Å²) in [6.07, 6.45) is -13.1. The standard InChI is InChI=1S/C71H96F10N12O12/c1-11-42(3)58-65(103)87(6)38-55(96)85(4)39-56(97)88(7)49(33-43-23-21-41(2)22-24-43)63(101)86(5)37-53(94)82-48(26-25-44-31-46(72)57(47(73)32-44)71(79,80)81)62(100)93-40-69(74,75)35-52(93)61(99)84-68(27-15-16-28-68)67(105)91(10)59(45-19-13-12-14-20-45)66(104)90(9)50(64(102)92-29-17-18-30-92)34-54(95)89(8)51(60(98)83-58)36-70(76,77)78/h21-24,31-32,42,45,48-52,58-59H,11-20,25-30,33-40H2,1-10H3,(H,82,94)(H,83,98)(H,84,99)/t42-,48-,49-,50-,51-,52-,58-,59-/m0/s1. The van der Waals surface area contributed by atoms with E-state index < -0.39 is 230 Å². The highest BCUT2D eigenvalue weighted by atomic mass is 19.4. The first kappa shape index (κ1) is 83.7. The van der Waals surface area contributed by atoms with Gasteiger partial charge in [0.15, 0.2) is 0 Å². The lowest BCUT2D eigenvalue weighted by molar-refractivity contribution is -0.163. The maximum Gasteiger partial charge on any atom is 0.422 e. The molecule has 3 N–H and O–H groups in total. The molecule has 3 aliphatic heterocycles. The summed E-state index contributed by atoms with van der Waals surface area (Å²) in [5, 5.41) is 7.36. The third-order valence-corrected chi connectivity index (χ3v) is 21.2. The molecule has 3 heterocycles. The van der Waals surface area contributed by atoms with Crippen molar-refractivity contribution in [1.82, 2.24) is 60.0 Å². The first-order valence-corrected chi connectivity index (χ1v) is 35.4. The molecule has 8 atom stereocenters. The predicted octanol–water partition coefficient (Wildman–Crippen LogP) is 5.39. The summed E-state index contributed by atoms with van der Waals surface area (Å²) in [6.45, 7) is 1.10. The van der Waals surface area contributed by atoms with Crippen molar-refractivity contribution in [2.24, 2.45) is 11.8 Å². The number of carbonyl (C=O) groups excluding carboxylic acids is 12. The van der Waals surface area contributed by atoms with E-state index >= 15 is 36.7 Å². The third-order valence-electron chi connectivity index (χ3n) is 21.2. The van der Waals surface area contributed by atoms with Gasteiger partial charge in [0, 0.05) is 75.3 Å². The Kier molecular flexibility index (Phi) is 27.7. The van der Waals surface area contributed by atoms with Crippen LogP contribution in [-0.2, 0) is 76.6 Å². The molecule has 2 saturated carbocycles. The lowest BCUT2D eigenvalue weighted by atomic mass is 9.81. The van der Waals surface area contributed by atoms with Crippen LogP contribution in [0.4, 0.5) is 43.9 Å². The van der Waals surface area contributed by atoms with Crippen molar-refractivity contribution in [1.29, 1.82) is 0 Å². The average molecular weight is 1500 g/mol. The van der Waals surface area contributed by atoms with E-state index in [4.69, 9.17) is 0 Å². The molecule has 5 aliphatic rings. The van der Waals surface area contributed by atoms with E-state index in [0.717, 1.165) is 56.1 Å². The highest BCUT2D eigenvalue weighted by Crippen LogP contribution is 2.40. The molecule has 1 spiro atoms. The minimum atomic E-state index is -5.50. The van der Waals surface area contributed by atoms with Crippen LogP contribution in [0.15, 0.2) is 36.4 Å². The molecule has 24 nitrogen and oxygen atoms in total. The van der Waals surface area contributed by atoms with Gasteiger partial charge in [-0.05, 0) is 93.4 Å². The molecule has 2 aromatic carbocycles. The second-order valence-corrected chi connectivity index (χ2v) is 28.9. The summed E-state index contributed by atoms with van der Waals surface area (Å²) in [6, 6.07) is -5.79. The van der Waals surface area contributed by atoms with Crippen LogP contribution in [0.3, 0.4) is 0 Å². The third kappa shape index (κ3) is 20.7. The number of benzene rings is 2. The Balaban J connectivity index is 1.33. The van der Waals surface area contributed by atoms with Gasteiger partial charge in [0.25, 0.3) is 5.92 Å². The van der Waals surface area contributed by atoms with Crippen LogP contribution in [0, 0.1) is 30.4 Å². The number of likely N-dealkylation sites (tertiary alicyclic amines) is 1. The molecule has 582 valence electrons. The lowest BCUT2D eigenvalue weighted by Gasteiger charge is -2.43. The largest absolute Gasteiger partial charge is 0.422 e. The number of aryl methyl sites for hydroxylation is 2. The van der Waals surface area contributed by atoms with Crippen molar-refractivity contribution in [2.75, 3.05) is 88.6 Å². The number of carbonyl (C=O) groups is 12. The Hall–Kier alpha value is -8.62. The van der Waals surface area contributed by atoms with Crippen LogP contribution in [0.1, 0.15) is 139 Å². The summed E-state index contributed by atoms with van der Waals surface area (Å²) >= 11 is 0. The second-order valence-electron chi connectivity index (χ2n) is 28.9. The molecule has 0 aromatic heterocycles. The van der Waals surface area contributed by atoms with Gasteiger partial charge in [0.05, 0.1) is 39.0 Å². The van der Waals surface area contributed by atoms with Crippen molar-refractivity contribution in [3.05, 3.63) is 70.3 Å². The fourth-order valence-electron chi connectivity index (χ4n) is 14.7. The first-order valence-electron chi connectivity index (χ1n) is 35.4. The van der Waals surface area contributed by atoms with Crippen LogP contribution < -0.4 is 16.0 Å². The topological polar surface area (TPSA) is 270 Å². The van der Waals surface area contributed by atoms with Gasteiger partial charge in [-0.1, -0.05) is 82.2 Å². The van der Waals surface area contributed by atoms with Gasteiger partial charge >= 0.3 is 12.4 Å². The van der Waals surface area contributed by atoms with E-state index in [2.05, 4.69) is 16.0 Å². The zero-order valence-corrected chi connectivity index (χ0v) is 60.8. The number of hydrogen-bond acceptors (Lipinski definition) is 12. The second kappa shape index (κ2) is 34.7. The minimum absolute atomic E-state index is 0.126. The number of fused-ring (bicyclic) bond motifs is 1. The molecule has 2 aromatic rings. The summed E-state index contributed by atoms with van der Waals surface area (Å²) < 4.78 is 148. The van der Waals surface area contributed by atoms with E-state index in [9.17, 15) is 64.7 Å². The summed E-state index contributed by atoms with van der Waals surface area (Å²) in [4.78, 5) is 185. The Bertz CT molecular complexity index is 3530. The first-order chi connectivity index (χ1) is 49.0. The zero-order valence-electron chi connectivity index (χ0n) is 60.8. The van der Waals surface area contributed by atoms with Crippen molar-refractivity contribution < 1.29 is 101 Å². The van der Waals surface area contributed by atoms with E-state index in [0.29, 0.717) is 72.4 Å². The van der Waals surface area contributed by atoms with Crippen molar-refractivity contribution in [3.63, 3.8) is 0 Å². The Morgan fingerprint density at radius 2 is 1.20 bits per heavy atom. The Morgan fingerprint density at radius 1 is 0.629 bits per heavy atom. The quantitative estimate of drug-likeness (QED) is 0.253. The van der Waals surface area contributed by atoms with Gasteiger partial charge < -0.3 is 60.0 Å². The molecule has 0 unspecified atom stereocenters. The van der Waals surface area contributed by atoms with E-state index in [-0.39, 0.29) is 51.6 Å². The molecule has 7 rings (SSSR count). The zero-order chi connectivity index (χ0) is 78.1. The maximum absolute atomic E-state index is 16.1. The van der Waals surface area contributed by atoms with Crippen molar-refractivity contribution in [2.45, 2.75) is 202 Å². The van der Waals surface area contributed by atoms with Gasteiger partial charge in [-0.3, -0.25) is 57.5 Å². The predicted molar refractivity (Wildman–Crippen MR) is 359 cm³/mol. The molecular weight excluding hydrogens is 1400 g/mol. The number of nitrogens with one attached hydrogen (secondary N) is 3. The molecule has 34 heteroatoms. The monoisotopic (exact) mass is 1500 g/mol. The summed E-state index contributed by atoms with van der Waals surface area (Å²) in [5.74, 6) is -22.5. The molecule has 5 fully saturated rings. The normalized spacial score (nSPS) is 25.7. The van der Waals surface area contributed by atoms with Crippen LogP contribution in [0.2, 0.25) is 0 Å². The smallest absolute Gasteiger partial charge is 0.343 e. The number of amides is 12. The van der Waals surface area contributed by atoms with Crippen molar-refractivity contribution >= 4 is 70.9 Å². The number of alkyl halides is 8. The molecule has 12 amide bonds. The van der Waals surface area contributed by atoms with E-state index in [1.165, 1.54) is 40.0 Å².